The van der Waals surface area contributed by atoms with Gasteiger partial charge in [0.2, 0.25) is 0 Å². The molecule has 5 heteroatoms. The smallest absolute Gasteiger partial charge is 0.344 e. The highest BCUT2D eigenvalue weighted by molar-refractivity contribution is 5.93. The third kappa shape index (κ3) is 4.68. The Morgan fingerprint density at radius 2 is 1.90 bits per heavy atom. The summed E-state index contributed by atoms with van der Waals surface area (Å²) in [6.07, 6.45) is 0.616. The summed E-state index contributed by atoms with van der Waals surface area (Å²) in [6.45, 7) is 5.74. The lowest BCUT2D eigenvalue weighted by atomic mass is 10.0. The molecule has 1 aromatic carbocycles. The summed E-state index contributed by atoms with van der Waals surface area (Å²) in [6, 6.07) is 5.30. The fraction of sp³-hybridized carbons (Fsp3) is 0.400. The number of esters is 1. The third-order valence-corrected chi connectivity index (χ3v) is 2.44. The summed E-state index contributed by atoms with van der Waals surface area (Å²) < 4.78 is 20.1. The van der Waals surface area contributed by atoms with Crippen LogP contribution in [0.2, 0.25) is 0 Å². The Bertz CT molecular complexity index is 467. The highest BCUT2D eigenvalue weighted by Gasteiger charge is 2.17. The van der Waals surface area contributed by atoms with Crippen LogP contribution in [0.3, 0.4) is 0 Å². The van der Waals surface area contributed by atoms with E-state index >= 15 is 0 Å². The van der Waals surface area contributed by atoms with Crippen LogP contribution in [0.4, 0.5) is 0 Å². The summed E-state index contributed by atoms with van der Waals surface area (Å²) in [5, 5.41) is 0. The van der Waals surface area contributed by atoms with Crippen LogP contribution in [0, 0.1) is 0 Å². The van der Waals surface area contributed by atoms with Gasteiger partial charge >= 0.3 is 5.97 Å². The number of hydrogen-bond acceptors (Lipinski definition) is 5. The van der Waals surface area contributed by atoms with Crippen LogP contribution in [0.5, 0.6) is 5.75 Å². The summed E-state index contributed by atoms with van der Waals surface area (Å²) in [5.74, 6) is -0.0417. The van der Waals surface area contributed by atoms with E-state index < -0.39 is 5.97 Å². The molecule has 0 heterocycles. The zero-order valence-corrected chi connectivity index (χ0v) is 12.1. The molecule has 0 radical (unpaired) electrons. The number of allylic oxidation sites excluding steroid dienone is 1. The van der Waals surface area contributed by atoms with Gasteiger partial charge in [-0.1, -0.05) is 24.3 Å². The van der Waals surface area contributed by atoms with Gasteiger partial charge in [-0.25, -0.2) is 4.79 Å². The number of rotatable bonds is 8. The van der Waals surface area contributed by atoms with Crippen LogP contribution in [-0.2, 0) is 20.6 Å². The molecule has 20 heavy (non-hydrogen) atoms. The van der Waals surface area contributed by atoms with Crippen LogP contribution in [-0.4, -0.2) is 33.8 Å². The maximum absolute atomic E-state index is 12.0. The molecule has 110 valence electrons. The Morgan fingerprint density at radius 1 is 1.20 bits per heavy atom. The van der Waals surface area contributed by atoms with Crippen molar-refractivity contribution in [2.75, 3.05) is 27.8 Å². The molecule has 0 aliphatic heterocycles. The van der Waals surface area contributed by atoms with Gasteiger partial charge in [-0.3, -0.25) is 0 Å². The predicted octanol–water partition coefficient (Wildman–Crippen LogP) is 2.55. The Balaban J connectivity index is 3.07. The number of hydrogen-bond donors (Lipinski definition) is 0. The molecular formula is C15H20O5. The molecule has 0 N–H and O–H groups in total. The largest absolute Gasteiger partial charge is 0.466 e. The number of benzene rings is 1. The zero-order valence-electron chi connectivity index (χ0n) is 12.1. The van der Waals surface area contributed by atoms with Crippen molar-refractivity contribution < 1.29 is 23.7 Å². The van der Waals surface area contributed by atoms with Crippen LogP contribution in [0.25, 0.3) is 0 Å². The van der Waals surface area contributed by atoms with Gasteiger partial charge in [0.15, 0.2) is 13.6 Å². The van der Waals surface area contributed by atoms with Gasteiger partial charge in [-0.05, 0) is 25.0 Å². The Hall–Kier alpha value is -1.85. The first-order valence-corrected chi connectivity index (χ1v) is 6.14. The number of carbonyl (C=O) groups excluding carboxylic acids is 1. The van der Waals surface area contributed by atoms with Gasteiger partial charge in [0.25, 0.3) is 0 Å². The van der Waals surface area contributed by atoms with E-state index in [1.807, 2.05) is 13.0 Å². The van der Waals surface area contributed by atoms with E-state index in [1.54, 1.807) is 12.1 Å². The maximum Gasteiger partial charge on any atom is 0.344 e. The van der Waals surface area contributed by atoms with Gasteiger partial charge in [0.1, 0.15) is 11.3 Å². The highest BCUT2D eigenvalue weighted by Crippen LogP contribution is 2.27. The second-order valence-electron chi connectivity index (χ2n) is 4.32. The summed E-state index contributed by atoms with van der Waals surface area (Å²) in [4.78, 5) is 12.0. The first-order chi connectivity index (χ1) is 9.60. The first-order valence-electron chi connectivity index (χ1n) is 6.14. The average Bonchev–Trinajstić information content (AvgIpc) is 2.42. The molecule has 0 fully saturated rings. The molecule has 0 atom stereocenters. The van der Waals surface area contributed by atoms with Gasteiger partial charge in [-0.2, -0.15) is 0 Å². The van der Waals surface area contributed by atoms with E-state index in [4.69, 9.17) is 18.9 Å². The third-order valence-electron chi connectivity index (χ3n) is 2.44. The minimum Gasteiger partial charge on any atom is -0.466 e. The van der Waals surface area contributed by atoms with Crippen LogP contribution < -0.4 is 4.74 Å². The van der Waals surface area contributed by atoms with Crippen LogP contribution >= 0.6 is 0 Å². The molecule has 0 unspecified atom stereocenters. The van der Waals surface area contributed by atoms with E-state index in [9.17, 15) is 4.79 Å². The Labute approximate surface area is 119 Å². The molecule has 0 aliphatic rings. The molecule has 1 rings (SSSR count). The van der Waals surface area contributed by atoms with Crippen molar-refractivity contribution in [1.29, 1.82) is 0 Å². The lowest BCUT2D eigenvalue weighted by Crippen LogP contribution is -2.12. The van der Waals surface area contributed by atoms with Gasteiger partial charge in [0, 0.05) is 14.2 Å². The molecule has 0 aromatic heterocycles. The number of carbonyl (C=O) groups is 1. The van der Waals surface area contributed by atoms with Crippen molar-refractivity contribution in [3.05, 3.63) is 41.5 Å². The highest BCUT2D eigenvalue weighted by atomic mass is 16.7. The molecule has 5 nitrogen and oxygen atoms in total. The number of para-hydroxylation sites is 1. The van der Waals surface area contributed by atoms with Crippen molar-refractivity contribution in [3.8, 4) is 5.75 Å². The van der Waals surface area contributed by atoms with Gasteiger partial charge in [0.05, 0.1) is 0 Å². The molecule has 1 aromatic rings. The van der Waals surface area contributed by atoms with Gasteiger partial charge < -0.3 is 18.9 Å². The van der Waals surface area contributed by atoms with E-state index in [0.717, 1.165) is 11.1 Å². The summed E-state index contributed by atoms with van der Waals surface area (Å²) in [5.41, 5.74) is 2.17. The van der Waals surface area contributed by atoms with E-state index in [0.29, 0.717) is 17.7 Å². The zero-order chi connectivity index (χ0) is 15.0. The lowest BCUT2D eigenvalue weighted by molar-refractivity contribution is -0.0132. The fourth-order valence-electron chi connectivity index (χ4n) is 1.69. The van der Waals surface area contributed by atoms with Crippen LogP contribution in [0.15, 0.2) is 30.4 Å². The lowest BCUT2D eigenvalue weighted by Gasteiger charge is -2.15. The quantitative estimate of drug-likeness (QED) is 0.416. The van der Waals surface area contributed by atoms with Crippen molar-refractivity contribution in [1.82, 2.24) is 0 Å². The van der Waals surface area contributed by atoms with Crippen molar-refractivity contribution in [2.24, 2.45) is 0 Å². The van der Waals surface area contributed by atoms with E-state index in [-0.39, 0.29) is 13.6 Å². The summed E-state index contributed by atoms with van der Waals surface area (Å²) >= 11 is 0. The number of methoxy groups -OCH3 is 2. The monoisotopic (exact) mass is 280 g/mol. The van der Waals surface area contributed by atoms with E-state index in [2.05, 4.69) is 6.58 Å². The second-order valence-corrected chi connectivity index (χ2v) is 4.32. The molecule has 0 saturated carbocycles. The average molecular weight is 280 g/mol. The maximum atomic E-state index is 12.0. The molecule has 0 spiro atoms. The SMILES string of the molecule is C=C(C)Cc1cccc(C(=O)OCOC)c1OCOC. The van der Waals surface area contributed by atoms with Crippen molar-refractivity contribution >= 4 is 5.97 Å². The Morgan fingerprint density at radius 3 is 2.50 bits per heavy atom. The fourth-order valence-corrected chi connectivity index (χ4v) is 1.69. The Kier molecular flexibility index (Phi) is 6.76. The van der Waals surface area contributed by atoms with Crippen molar-refractivity contribution in [2.45, 2.75) is 13.3 Å². The summed E-state index contributed by atoms with van der Waals surface area (Å²) in [7, 11) is 2.97. The number of ether oxygens (including phenoxy) is 4. The minimum absolute atomic E-state index is 0.0533. The second kappa shape index (κ2) is 8.35. The molecule has 0 saturated heterocycles. The molecule has 0 aliphatic carbocycles. The normalized spacial score (nSPS) is 10.2. The standard InChI is InChI=1S/C15H20O5/c1-11(2)8-12-6-5-7-13(14(12)19-9-17-3)15(16)20-10-18-4/h5-7H,1,8-10H2,2-4H3. The molecular weight excluding hydrogens is 260 g/mol. The topological polar surface area (TPSA) is 54.0 Å². The minimum atomic E-state index is -0.499. The predicted molar refractivity (Wildman–Crippen MR) is 74.8 cm³/mol. The van der Waals surface area contributed by atoms with Crippen molar-refractivity contribution in [3.63, 3.8) is 0 Å². The van der Waals surface area contributed by atoms with E-state index in [1.165, 1.54) is 14.2 Å². The van der Waals surface area contributed by atoms with Crippen LogP contribution in [0.1, 0.15) is 22.8 Å². The first kappa shape index (κ1) is 16.2. The molecule has 0 bridgehead atoms. The van der Waals surface area contributed by atoms with Gasteiger partial charge in [-0.15, -0.1) is 0 Å². The molecule has 0 amide bonds.